The quantitative estimate of drug-likeness (QED) is 0.572. The summed E-state index contributed by atoms with van der Waals surface area (Å²) in [5.74, 6) is 1.09. The molecule has 0 aliphatic carbocycles. The molecule has 0 bridgehead atoms. The molecule has 1 heterocycles. The van der Waals surface area contributed by atoms with Crippen LogP contribution in [0.4, 0.5) is 0 Å². The average Bonchev–Trinajstić information content (AvgIpc) is 2.51. The maximum Gasteiger partial charge on any atom is 0.185 e. The van der Waals surface area contributed by atoms with Crippen LogP contribution in [0, 0.1) is 0 Å². The molecular weight excluding hydrogens is 196 g/mol. The van der Waals surface area contributed by atoms with Gasteiger partial charge in [-0.3, -0.25) is 0 Å². The van der Waals surface area contributed by atoms with Gasteiger partial charge in [-0.1, -0.05) is 25.6 Å². The van der Waals surface area contributed by atoms with Gasteiger partial charge in [0.1, 0.15) is 6.33 Å². The van der Waals surface area contributed by atoms with Crippen LogP contribution in [0.1, 0.15) is 20.3 Å². The first-order chi connectivity index (χ1) is 6.70. The van der Waals surface area contributed by atoms with Crippen molar-refractivity contribution < 1.29 is 0 Å². The third-order valence-corrected chi connectivity index (χ3v) is 2.90. The maximum absolute atomic E-state index is 4.14. The zero-order valence-corrected chi connectivity index (χ0v) is 9.84. The molecule has 0 unspecified atom stereocenters. The highest BCUT2D eigenvalue weighted by atomic mass is 32.2. The summed E-state index contributed by atoms with van der Waals surface area (Å²) in [5.41, 5.74) is 0. The Kier molecular flexibility index (Phi) is 4.97. The average molecular weight is 214 g/mol. The minimum Gasteiger partial charge on any atom is -0.315 e. The Hall–Kier alpha value is -0.550. The number of thioether (sulfide) groups is 1. The molecule has 0 aromatic carbocycles. The first kappa shape index (κ1) is 11.5. The van der Waals surface area contributed by atoms with Gasteiger partial charge in [-0.25, -0.2) is 9.67 Å². The summed E-state index contributed by atoms with van der Waals surface area (Å²) in [7, 11) is 1.92. The number of nitrogens with zero attached hydrogens (tertiary/aromatic N) is 3. The van der Waals surface area contributed by atoms with Gasteiger partial charge in [0.05, 0.1) is 0 Å². The summed E-state index contributed by atoms with van der Waals surface area (Å²) in [6.45, 7) is 5.40. The van der Waals surface area contributed by atoms with Crippen molar-refractivity contribution in [2.75, 3.05) is 12.3 Å². The topological polar surface area (TPSA) is 42.7 Å². The number of hydrogen-bond donors (Lipinski definition) is 1. The molecule has 0 fully saturated rings. The van der Waals surface area contributed by atoms with Gasteiger partial charge in [0.2, 0.25) is 0 Å². The Morgan fingerprint density at radius 1 is 1.57 bits per heavy atom. The van der Waals surface area contributed by atoms with E-state index in [0.717, 1.165) is 23.9 Å². The van der Waals surface area contributed by atoms with Gasteiger partial charge < -0.3 is 5.32 Å². The van der Waals surface area contributed by atoms with Crippen LogP contribution in [0.15, 0.2) is 11.5 Å². The van der Waals surface area contributed by atoms with Gasteiger partial charge in [0, 0.05) is 18.8 Å². The Morgan fingerprint density at radius 3 is 2.93 bits per heavy atom. The molecule has 14 heavy (non-hydrogen) atoms. The van der Waals surface area contributed by atoms with Gasteiger partial charge in [0.15, 0.2) is 5.16 Å². The van der Waals surface area contributed by atoms with Crippen molar-refractivity contribution in [3.63, 3.8) is 0 Å². The summed E-state index contributed by atoms with van der Waals surface area (Å²) < 4.78 is 1.81. The van der Waals surface area contributed by atoms with Crippen molar-refractivity contribution in [2.24, 2.45) is 7.05 Å². The molecule has 4 nitrogen and oxygen atoms in total. The summed E-state index contributed by atoms with van der Waals surface area (Å²) in [4.78, 5) is 4.14. The summed E-state index contributed by atoms with van der Waals surface area (Å²) in [6, 6.07) is 0.579. The number of rotatable bonds is 6. The van der Waals surface area contributed by atoms with Gasteiger partial charge in [0.25, 0.3) is 0 Å². The lowest BCUT2D eigenvalue weighted by atomic mass is 10.4. The summed E-state index contributed by atoms with van der Waals surface area (Å²) in [6.07, 6.45) is 2.75. The van der Waals surface area contributed by atoms with Gasteiger partial charge >= 0.3 is 0 Å². The predicted octanol–water partition coefficient (Wildman–Crippen LogP) is 1.30. The molecule has 0 amide bonds. The lowest BCUT2D eigenvalue weighted by Crippen LogP contribution is -2.23. The highest BCUT2D eigenvalue weighted by Crippen LogP contribution is 2.13. The molecular formula is C9H18N4S. The molecule has 80 valence electrons. The standard InChI is InChI=1S/C9H18N4S/c1-8(2)10-5-4-6-14-9-11-7-12-13(9)3/h7-8,10H,4-6H2,1-3H3. The number of hydrogen-bond acceptors (Lipinski definition) is 4. The van der Waals surface area contributed by atoms with E-state index in [4.69, 9.17) is 0 Å². The zero-order chi connectivity index (χ0) is 10.4. The lowest BCUT2D eigenvalue weighted by molar-refractivity contribution is 0.585. The van der Waals surface area contributed by atoms with Crippen molar-refractivity contribution in [1.82, 2.24) is 20.1 Å². The van der Waals surface area contributed by atoms with E-state index < -0.39 is 0 Å². The fraction of sp³-hybridized carbons (Fsp3) is 0.778. The second-order valence-electron chi connectivity index (χ2n) is 3.48. The first-order valence-corrected chi connectivity index (χ1v) is 5.89. The van der Waals surface area contributed by atoms with E-state index in [1.165, 1.54) is 0 Å². The molecule has 1 N–H and O–H groups in total. The zero-order valence-electron chi connectivity index (χ0n) is 9.03. The van der Waals surface area contributed by atoms with E-state index in [0.29, 0.717) is 6.04 Å². The summed E-state index contributed by atoms with van der Waals surface area (Å²) in [5, 5.41) is 8.39. The van der Waals surface area contributed by atoms with Crippen LogP contribution in [-0.2, 0) is 7.05 Å². The van der Waals surface area contributed by atoms with Gasteiger partial charge in [-0.2, -0.15) is 5.10 Å². The van der Waals surface area contributed by atoms with E-state index >= 15 is 0 Å². The van der Waals surface area contributed by atoms with Crippen LogP contribution in [0.5, 0.6) is 0 Å². The molecule has 0 saturated carbocycles. The van der Waals surface area contributed by atoms with Crippen molar-refractivity contribution in [3.05, 3.63) is 6.33 Å². The second kappa shape index (κ2) is 6.03. The maximum atomic E-state index is 4.14. The number of nitrogens with one attached hydrogen (secondary N) is 1. The van der Waals surface area contributed by atoms with E-state index in [1.54, 1.807) is 22.8 Å². The second-order valence-corrected chi connectivity index (χ2v) is 4.54. The van der Waals surface area contributed by atoms with Gasteiger partial charge in [-0.15, -0.1) is 0 Å². The molecule has 1 rings (SSSR count). The van der Waals surface area contributed by atoms with E-state index in [-0.39, 0.29) is 0 Å². The van der Waals surface area contributed by atoms with Crippen molar-refractivity contribution in [2.45, 2.75) is 31.5 Å². The lowest BCUT2D eigenvalue weighted by Gasteiger charge is -2.06. The van der Waals surface area contributed by atoms with Crippen LogP contribution in [-0.4, -0.2) is 33.1 Å². The monoisotopic (exact) mass is 214 g/mol. The molecule has 0 radical (unpaired) electrons. The third-order valence-electron chi connectivity index (χ3n) is 1.77. The third kappa shape index (κ3) is 4.11. The number of aromatic nitrogens is 3. The molecule has 1 aromatic rings. The SMILES string of the molecule is CC(C)NCCCSc1ncnn1C. The highest BCUT2D eigenvalue weighted by Gasteiger charge is 2.00. The van der Waals surface area contributed by atoms with Crippen LogP contribution in [0.3, 0.4) is 0 Å². The Labute approximate surface area is 89.5 Å². The van der Waals surface area contributed by atoms with Crippen LogP contribution >= 0.6 is 11.8 Å². The van der Waals surface area contributed by atoms with E-state index in [2.05, 4.69) is 29.2 Å². The van der Waals surface area contributed by atoms with Gasteiger partial charge in [-0.05, 0) is 13.0 Å². The minimum absolute atomic E-state index is 0.579. The Bertz CT molecular complexity index is 259. The molecule has 0 aliphatic heterocycles. The summed E-state index contributed by atoms with van der Waals surface area (Å²) >= 11 is 1.75. The van der Waals surface area contributed by atoms with E-state index in [9.17, 15) is 0 Å². The molecule has 1 aromatic heterocycles. The fourth-order valence-electron chi connectivity index (χ4n) is 1.04. The highest BCUT2D eigenvalue weighted by molar-refractivity contribution is 7.99. The van der Waals surface area contributed by atoms with Crippen molar-refractivity contribution in [3.8, 4) is 0 Å². The molecule has 0 aliphatic rings. The molecule has 0 spiro atoms. The minimum atomic E-state index is 0.579. The van der Waals surface area contributed by atoms with Crippen LogP contribution < -0.4 is 5.32 Å². The Balaban J connectivity index is 2.08. The first-order valence-electron chi connectivity index (χ1n) is 4.90. The molecule has 5 heteroatoms. The smallest absolute Gasteiger partial charge is 0.185 e. The molecule has 0 atom stereocenters. The largest absolute Gasteiger partial charge is 0.315 e. The van der Waals surface area contributed by atoms with Crippen molar-refractivity contribution in [1.29, 1.82) is 0 Å². The normalized spacial score (nSPS) is 11.1. The molecule has 0 saturated heterocycles. The van der Waals surface area contributed by atoms with Crippen LogP contribution in [0.2, 0.25) is 0 Å². The van der Waals surface area contributed by atoms with E-state index in [1.807, 2.05) is 7.05 Å². The number of aryl methyl sites for hydroxylation is 1. The fourth-order valence-corrected chi connectivity index (χ4v) is 1.87. The predicted molar refractivity (Wildman–Crippen MR) is 59.5 cm³/mol. The Morgan fingerprint density at radius 2 is 2.36 bits per heavy atom. The van der Waals surface area contributed by atoms with Crippen molar-refractivity contribution >= 4 is 11.8 Å². The van der Waals surface area contributed by atoms with Crippen LogP contribution in [0.25, 0.3) is 0 Å².